The number of amides is 1. The first-order chi connectivity index (χ1) is 19.1. The predicted molar refractivity (Wildman–Crippen MR) is 158 cm³/mol. The molecule has 2 heterocycles. The number of nitrogens with zero attached hydrogens (tertiary/aromatic N) is 3. The molecule has 212 valence electrons. The SMILES string of the molecule is CN(C)CCCOc1cc(-c2ncccc2-c2nc(C(=O)NC3(C(=O)O)CCCCC3)c(Cl)cc2Cl)ccc1Cl. The van der Waals surface area contributed by atoms with Gasteiger partial charge in [-0.15, -0.1) is 0 Å². The number of hydrogen-bond acceptors (Lipinski definition) is 6. The molecule has 1 amide bonds. The zero-order chi connectivity index (χ0) is 28.9. The third kappa shape index (κ3) is 6.86. The summed E-state index contributed by atoms with van der Waals surface area (Å²) in [7, 11) is 4.00. The summed E-state index contributed by atoms with van der Waals surface area (Å²) >= 11 is 19.4. The smallest absolute Gasteiger partial charge is 0.329 e. The topological polar surface area (TPSA) is 105 Å². The molecule has 1 saturated carbocycles. The van der Waals surface area contributed by atoms with E-state index in [0.717, 1.165) is 19.4 Å². The zero-order valence-corrected chi connectivity index (χ0v) is 24.6. The Kier molecular flexibility index (Phi) is 9.90. The highest BCUT2D eigenvalue weighted by molar-refractivity contribution is 6.38. The van der Waals surface area contributed by atoms with Crippen molar-refractivity contribution >= 4 is 46.7 Å². The van der Waals surface area contributed by atoms with Gasteiger partial charge in [0.2, 0.25) is 0 Å². The first kappa shape index (κ1) is 30.1. The molecule has 11 heteroatoms. The molecular weight excluding hydrogens is 575 g/mol. The van der Waals surface area contributed by atoms with Crippen LogP contribution in [0.2, 0.25) is 15.1 Å². The lowest BCUT2D eigenvalue weighted by Crippen LogP contribution is -2.55. The summed E-state index contributed by atoms with van der Waals surface area (Å²) < 4.78 is 5.94. The zero-order valence-electron chi connectivity index (χ0n) is 22.3. The van der Waals surface area contributed by atoms with Gasteiger partial charge < -0.3 is 20.1 Å². The van der Waals surface area contributed by atoms with Crippen molar-refractivity contribution in [2.24, 2.45) is 0 Å². The predicted octanol–water partition coefficient (Wildman–Crippen LogP) is 6.62. The Morgan fingerprint density at radius 1 is 1.02 bits per heavy atom. The molecule has 1 aliphatic carbocycles. The van der Waals surface area contributed by atoms with E-state index < -0.39 is 17.4 Å². The number of pyridine rings is 2. The summed E-state index contributed by atoms with van der Waals surface area (Å²) in [6, 6.07) is 10.3. The molecule has 2 N–H and O–H groups in total. The lowest BCUT2D eigenvalue weighted by atomic mass is 9.81. The molecule has 2 aromatic heterocycles. The van der Waals surface area contributed by atoms with Gasteiger partial charge in [-0.1, -0.05) is 60.1 Å². The minimum absolute atomic E-state index is 0.0212. The molecule has 0 radical (unpaired) electrons. The Hall–Kier alpha value is -2.91. The van der Waals surface area contributed by atoms with Crippen LogP contribution < -0.4 is 10.1 Å². The van der Waals surface area contributed by atoms with Crippen LogP contribution in [0.5, 0.6) is 5.75 Å². The first-order valence-corrected chi connectivity index (χ1v) is 14.2. The van der Waals surface area contributed by atoms with Crippen LogP contribution in [-0.2, 0) is 4.79 Å². The first-order valence-electron chi connectivity index (χ1n) is 13.1. The number of carbonyl (C=O) groups excluding carboxylic acids is 1. The Balaban J connectivity index is 1.68. The Morgan fingerprint density at radius 2 is 1.77 bits per heavy atom. The highest BCUT2D eigenvalue weighted by Gasteiger charge is 2.41. The molecule has 1 fully saturated rings. The Labute approximate surface area is 248 Å². The summed E-state index contributed by atoms with van der Waals surface area (Å²) in [4.78, 5) is 36.6. The number of carboxylic acids is 1. The number of rotatable bonds is 10. The summed E-state index contributed by atoms with van der Waals surface area (Å²) in [6.45, 7) is 1.38. The molecular formula is C29H31Cl3N4O4. The largest absolute Gasteiger partial charge is 0.492 e. The standard InChI is InChI=1S/C29H31Cl3N4O4/c1-36(2)14-7-15-40-23-16-18(9-10-20(23)30)24-19(8-6-13-33-24)25-21(31)17-22(32)26(34-25)27(37)35-29(28(38)39)11-4-3-5-12-29/h6,8-10,13,16-17H,3-5,7,11-12,14-15H2,1-2H3,(H,35,37)(H,38,39). The third-order valence-corrected chi connectivity index (χ3v) is 7.78. The molecule has 0 aliphatic heterocycles. The summed E-state index contributed by atoms with van der Waals surface area (Å²) in [5.74, 6) is -1.21. The lowest BCUT2D eigenvalue weighted by molar-refractivity contribution is -0.145. The van der Waals surface area contributed by atoms with Crippen molar-refractivity contribution in [3.8, 4) is 28.3 Å². The molecule has 0 atom stereocenters. The van der Waals surface area contributed by atoms with E-state index in [1.54, 1.807) is 30.5 Å². The van der Waals surface area contributed by atoms with Crippen molar-refractivity contribution < 1.29 is 19.4 Å². The van der Waals surface area contributed by atoms with E-state index in [4.69, 9.17) is 39.5 Å². The van der Waals surface area contributed by atoms with Gasteiger partial charge in [0.05, 0.1) is 33.1 Å². The highest BCUT2D eigenvalue weighted by Crippen LogP contribution is 2.38. The van der Waals surface area contributed by atoms with E-state index in [0.29, 0.717) is 59.9 Å². The number of aromatic nitrogens is 2. The summed E-state index contributed by atoms with van der Waals surface area (Å²) in [5.41, 5.74) is 0.651. The second-order valence-corrected chi connectivity index (χ2v) is 11.3. The summed E-state index contributed by atoms with van der Waals surface area (Å²) in [6.07, 6.45) is 5.50. The van der Waals surface area contributed by atoms with Gasteiger partial charge in [-0.05, 0) is 63.7 Å². The number of aliphatic carboxylic acids is 1. The molecule has 1 aromatic carbocycles. The number of halogens is 3. The number of carbonyl (C=O) groups is 2. The number of ether oxygens (including phenoxy) is 1. The second kappa shape index (κ2) is 13.2. The van der Waals surface area contributed by atoms with Crippen molar-refractivity contribution in [2.75, 3.05) is 27.2 Å². The maximum atomic E-state index is 13.3. The molecule has 0 spiro atoms. The van der Waals surface area contributed by atoms with Gasteiger partial charge in [-0.2, -0.15) is 0 Å². The van der Waals surface area contributed by atoms with Crippen LogP contribution in [0.15, 0.2) is 42.6 Å². The molecule has 4 rings (SSSR count). The van der Waals surface area contributed by atoms with Crippen molar-refractivity contribution in [2.45, 2.75) is 44.1 Å². The van der Waals surface area contributed by atoms with E-state index in [2.05, 4.69) is 20.2 Å². The molecule has 1 aliphatic rings. The van der Waals surface area contributed by atoms with E-state index in [1.165, 1.54) is 6.07 Å². The molecule has 3 aromatic rings. The van der Waals surface area contributed by atoms with Crippen molar-refractivity contribution in [3.63, 3.8) is 0 Å². The average Bonchev–Trinajstić information content (AvgIpc) is 2.92. The summed E-state index contributed by atoms with van der Waals surface area (Å²) in [5, 5.41) is 13.3. The molecule has 0 saturated heterocycles. The van der Waals surface area contributed by atoms with E-state index >= 15 is 0 Å². The van der Waals surface area contributed by atoms with Crippen LogP contribution in [0.3, 0.4) is 0 Å². The van der Waals surface area contributed by atoms with Gasteiger partial charge in [0.1, 0.15) is 17.0 Å². The van der Waals surface area contributed by atoms with E-state index in [-0.39, 0.29) is 21.4 Å². The molecule has 40 heavy (non-hydrogen) atoms. The Morgan fingerprint density at radius 3 is 2.48 bits per heavy atom. The van der Waals surface area contributed by atoms with Crippen LogP contribution in [0.25, 0.3) is 22.5 Å². The average molecular weight is 606 g/mol. The second-order valence-electron chi connectivity index (χ2n) is 10.1. The molecule has 8 nitrogen and oxygen atoms in total. The number of nitrogens with one attached hydrogen (secondary N) is 1. The van der Waals surface area contributed by atoms with Gasteiger partial charge in [-0.3, -0.25) is 9.78 Å². The van der Waals surface area contributed by atoms with E-state index in [9.17, 15) is 14.7 Å². The highest BCUT2D eigenvalue weighted by atomic mass is 35.5. The van der Waals surface area contributed by atoms with Gasteiger partial charge in [0.15, 0.2) is 0 Å². The third-order valence-electron chi connectivity index (χ3n) is 6.89. The maximum Gasteiger partial charge on any atom is 0.329 e. The van der Waals surface area contributed by atoms with Crippen LogP contribution >= 0.6 is 34.8 Å². The minimum atomic E-state index is -1.36. The van der Waals surface area contributed by atoms with Gasteiger partial charge in [-0.25, -0.2) is 9.78 Å². The lowest BCUT2D eigenvalue weighted by Gasteiger charge is -2.33. The normalized spacial score (nSPS) is 14.7. The maximum absolute atomic E-state index is 13.3. The molecule has 0 bridgehead atoms. The quantitative estimate of drug-likeness (QED) is 0.250. The van der Waals surface area contributed by atoms with Crippen molar-refractivity contribution in [1.29, 1.82) is 0 Å². The Bertz CT molecular complexity index is 1390. The van der Waals surface area contributed by atoms with Crippen LogP contribution in [-0.4, -0.2) is 64.6 Å². The minimum Gasteiger partial charge on any atom is -0.492 e. The monoisotopic (exact) mass is 604 g/mol. The van der Waals surface area contributed by atoms with Gasteiger partial charge >= 0.3 is 5.97 Å². The molecule has 0 unspecified atom stereocenters. The number of carboxylic acid groups (broad SMARTS) is 1. The van der Waals surface area contributed by atoms with Gasteiger partial charge in [0, 0.05) is 23.9 Å². The van der Waals surface area contributed by atoms with Crippen LogP contribution in [0.4, 0.5) is 0 Å². The fraction of sp³-hybridized carbons (Fsp3) is 0.379. The fourth-order valence-electron chi connectivity index (χ4n) is 4.79. The van der Waals surface area contributed by atoms with E-state index in [1.807, 2.05) is 20.2 Å². The van der Waals surface area contributed by atoms with Crippen LogP contribution in [0, 0.1) is 0 Å². The number of benzene rings is 1. The van der Waals surface area contributed by atoms with Gasteiger partial charge in [0.25, 0.3) is 5.91 Å². The number of hydrogen-bond donors (Lipinski definition) is 2. The van der Waals surface area contributed by atoms with Crippen molar-refractivity contribution in [1.82, 2.24) is 20.2 Å². The van der Waals surface area contributed by atoms with Crippen molar-refractivity contribution in [3.05, 3.63) is 63.4 Å². The fourth-order valence-corrected chi connectivity index (χ4v) is 5.51. The van der Waals surface area contributed by atoms with Crippen LogP contribution in [0.1, 0.15) is 49.0 Å².